The Hall–Kier alpha value is -0.610. The number of ether oxygens (including phenoxy) is 1. The summed E-state index contributed by atoms with van der Waals surface area (Å²) in [5.41, 5.74) is 2.35. The Morgan fingerprint density at radius 3 is 3.00 bits per heavy atom. The van der Waals surface area contributed by atoms with Crippen LogP contribution in [0.15, 0.2) is 5.03 Å². The highest BCUT2D eigenvalue weighted by Gasteiger charge is 2.16. The van der Waals surface area contributed by atoms with E-state index in [9.17, 15) is 0 Å². The molecule has 0 bridgehead atoms. The van der Waals surface area contributed by atoms with Gasteiger partial charge in [0.05, 0.1) is 18.9 Å². The molecule has 0 atom stereocenters. The number of rotatable bonds is 1. The molecule has 0 saturated carbocycles. The largest absolute Gasteiger partial charge is 0.376 e. The molecule has 0 fully saturated rings. The van der Waals surface area contributed by atoms with Gasteiger partial charge in [-0.2, -0.15) is 0 Å². The second-order valence-electron chi connectivity index (χ2n) is 3.01. The zero-order chi connectivity index (χ0) is 9.26. The number of thioether (sulfide) groups is 1. The van der Waals surface area contributed by atoms with Crippen LogP contribution < -0.4 is 0 Å². The number of nitrogens with zero attached hydrogens (tertiary/aromatic N) is 2. The van der Waals surface area contributed by atoms with Gasteiger partial charge in [0.15, 0.2) is 0 Å². The van der Waals surface area contributed by atoms with Gasteiger partial charge in [0.25, 0.3) is 0 Å². The highest BCUT2D eigenvalue weighted by molar-refractivity contribution is 7.98. The van der Waals surface area contributed by atoms with Crippen LogP contribution >= 0.6 is 11.8 Å². The molecule has 2 rings (SSSR count). The standard InChI is InChI=1S/C9H12N2OS/c1-6-10-8-3-4-12-5-7(8)9(11-6)13-2/h3-5H2,1-2H3. The van der Waals surface area contributed by atoms with Gasteiger partial charge < -0.3 is 4.74 Å². The van der Waals surface area contributed by atoms with E-state index in [4.69, 9.17) is 4.74 Å². The predicted molar refractivity (Wildman–Crippen MR) is 51.9 cm³/mol. The zero-order valence-electron chi connectivity index (χ0n) is 7.83. The van der Waals surface area contributed by atoms with E-state index >= 15 is 0 Å². The van der Waals surface area contributed by atoms with Gasteiger partial charge in [-0.15, -0.1) is 11.8 Å². The van der Waals surface area contributed by atoms with Crippen LogP contribution in [0.4, 0.5) is 0 Å². The van der Waals surface area contributed by atoms with Crippen molar-refractivity contribution < 1.29 is 4.74 Å². The van der Waals surface area contributed by atoms with Crippen LogP contribution in [0.2, 0.25) is 0 Å². The maximum absolute atomic E-state index is 5.38. The van der Waals surface area contributed by atoms with Crippen molar-refractivity contribution in [3.8, 4) is 0 Å². The third-order valence-corrected chi connectivity index (χ3v) is 2.81. The van der Waals surface area contributed by atoms with E-state index < -0.39 is 0 Å². The molecule has 4 heteroatoms. The Labute approximate surface area is 81.9 Å². The predicted octanol–water partition coefficient (Wildman–Crippen LogP) is 1.58. The van der Waals surface area contributed by atoms with Gasteiger partial charge in [-0.05, 0) is 13.2 Å². The van der Waals surface area contributed by atoms with E-state index in [1.54, 1.807) is 11.8 Å². The van der Waals surface area contributed by atoms with Crippen LogP contribution in [-0.2, 0) is 17.8 Å². The Morgan fingerprint density at radius 2 is 2.23 bits per heavy atom. The number of hydrogen-bond acceptors (Lipinski definition) is 4. The lowest BCUT2D eigenvalue weighted by atomic mass is 10.1. The van der Waals surface area contributed by atoms with E-state index in [-0.39, 0.29) is 0 Å². The molecule has 3 nitrogen and oxygen atoms in total. The lowest BCUT2D eigenvalue weighted by molar-refractivity contribution is 0.106. The first-order valence-electron chi connectivity index (χ1n) is 4.29. The average molecular weight is 196 g/mol. The quantitative estimate of drug-likeness (QED) is 0.504. The molecule has 13 heavy (non-hydrogen) atoms. The summed E-state index contributed by atoms with van der Waals surface area (Å²) in [5.74, 6) is 0.866. The van der Waals surface area contributed by atoms with Crippen molar-refractivity contribution in [1.29, 1.82) is 0 Å². The summed E-state index contributed by atoms with van der Waals surface area (Å²) in [6.45, 7) is 3.40. The van der Waals surface area contributed by atoms with Gasteiger partial charge in [0, 0.05) is 12.0 Å². The van der Waals surface area contributed by atoms with Gasteiger partial charge in [0.2, 0.25) is 0 Å². The summed E-state index contributed by atoms with van der Waals surface area (Å²) < 4.78 is 5.38. The van der Waals surface area contributed by atoms with Crippen LogP contribution in [-0.4, -0.2) is 22.8 Å². The Balaban J connectivity index is 2.50. The maximum Gasteiger partial charge on any atom is 0.126 e. The fraction of sp³-hybridized carbons (Fsp3) is 0.556. The monoisotopic (exact) mass is 196 g/mol. The SMILES string of the molecule is CSc1nc(C)nc2c1COCC2. The summed E-state index contributed by atoms with van der Waals surface area (Å²) >= 11 is 1.67. The van der Waals surface area contributed by atoms with Crippen LogP contribution in [0, 0.1) is 6.92 Å². The second kappa shape index (κ2) is 3.64. The zero-order valence-corrected chi connectivity index (χ0v) is 8.65. The first-order chi connectivity index (χ1) is 6.31. The molecule has 0 radical (unpaired) electrons. The lowest BCUT2D eigenvalue weighted by Crippen LogP contribution is -2.14. The van der Waals surface area contributed by atoms with Gasteiger partial charge in [-0.1, -0.05) is 0 Å². The Bertz CT molecular complexity index is 310. The molecule has 1 aliphatic rings. The molecule has 0 amide bonds. The van der Waals surface area contributed by atoms with Crippen LogP contribution in [0.3, 0.4) is 0 Å². The van der Waals surface area contributed by atoms with Crippen molar-refractivity contribution in [3.05, 3.63) is 17.1 Å². The molecule has 1 aromatic rings. The van der Waals surface area contributed by atoms with Crippen LogP contribution in [0.1, 0.15) is 17.1 Å². The van der Waals surface area contributed by atoms with Gasteiger partial charge in [-0.25, -0.2) is 9.97 Å². The van der Waals surface area contributed by atoms with Crippen molar-refractivity contribution >= 4 is 11.8 Å². The minimum absolute atomic E-state index is 0.672. The summed E-state index contributed by atoms with van der Waals surface area (Å²) in [6, 6.07) is 0. The van der Waals surface area contributed by atoms with Crippen molar-refractivity contribution in [3.63, 3.8) is 0 Å². The first kappa shape index (κ1) is 8.97. The molecule has 0 aliphatic carbocycles. The molecule has 2 heterocycles. The summed E-state index contributed by atoms with van der Waals surface area (Å²) in [6.07, 6.45) is 2.96. The Morgan fingerprint density at radius 1 is 1.38 bits per heavy atom. The fourth-order valence-electron chi connectivity index (χ4n) is 1.49. The smallest absolute Gasteiger partial charge is 0.126 e. The molecule has 0 unspecified atom stereocenters. The molecule has 70 valence electrons. The molecular weight excluding hydrogens is 184 g/mol. The van der Waals surface area contributed by atoms with E-state index in [0.717, 1.165) is 23.9 Å². The summed E-state index contributed by atoms with van der Waals surface area (Å²) in [4.78, 5) is 8.79. The van der Waals surface area contributed by atoms with Gasteiger partial charge >= 0.3 is 0 Å². The summed E-state index contributed by atoms with van der Waals surface area (Å²) in [7, 11) is 0. The van der Waals surface area contributed by atoms with E-state index in [2.05, 4.69) is 9.97 Å². The Kier molecular flexibility index (Phi) is 2.51. The van der Waals surface area contributed by atoms with E-state index in [1.165, 1.54) is 11.3 Å². The van der Waals surface area contributed by atoms with Crippen molar-refractivity contribution in [2.45, 2.75) is 25.0 Å². The highest BCUT2D eigenvalue weighted by atomic mass is 32.2. The molecular formula is C9H12N2OS. The maximum atomic E-state index is 5.38. The number of aryl methyl sites for hydroxylation is 1. The molecule has 0 N–H and O–H groups in total. The van der Waals surface area contributed by atoms with Crippen molar-refractivity contribution in [1.82, 2.24) is 9.97 Å². The van der Waals surface area contributed by atoms with Crippen LogP contribution in [0.5, 0.6) is 0 Å². The van der Waals surface area contributed by atoms with Crippen LogP contribution in [0.25, 0.3) is 0 Å². The van der Waals surface area contributed by atoms with Gasteiger partial charge in [0.1, 0.15) is 10.9 Å². The molecule has 1 aromatic heterocycles. The normalized spacial score (nSPS) is 15.5. The number of hydrogen-bond donors (Lipinski definition) is 0. The van der Waals surface area contributed by atoms with E-state index in [0.29, 0.717) is 6.61 Å². The lowest BCUT2D eigenvalue weighted by Gasteiger charge is -2.17. The second-order valence-corrected chi connectivity index (χ2v) is 3.80. The topological polar surface area (TPSA) is 35.0 Å². The molecule has 0 spiro atoms. The molecule has 0 aromatic carbocycles. The average Bonchev–Trinajstić information content (AvgIpc) is 2.16. The first-order valence-corrected chi connectivity index (χ1v) is 5.52. The molecule has 1 aliphatic heterocycles. The number of aromatic nitrogens is 2. The third-order valence-electron chi connectivity index (χ3n) is 2.09. The molecule has 0 saturated heterocycles. The minimum atomic E-state index is 0.672. The third kappa shape index (κ3) is 1.69. The van der Waals surface area contributed by atoms with Crippen molar-refractivity contribution in [2.75, 3.05) is 12.9 Å². The fourth-order valence-corrected chi connectivity index (χ4v) is 2.14. The summed E-state index contributed by atoms with van der Waals surface area (Å²) in [5, 5.41) is 1.07. The van der Waals surface area contributed by atoms with E-state index in [1.807, 2.05) is 13.2 Å². The van der Waals surface area contributed by atoms with Gasteiger partial charge in [-0.3, -0.25) is 0 Å². The number of fused-ring (bicyclic) bond motifs is 1. The van der Waals surface area contributed by atoms with Crippen molar-refractivity contribution in [2.24, 2.45) is 0 Å². The minimum Gasteiger partial charge on any atom is -0.376 e. The highest BCUT2D eigenvalue weighted by Crippen LogP contribution is 2.24.